The summed E-state index contributed by atoms with van der Waals surface area (Å²) >= 11 is 0. The standard InChI is InChI=1S/C16H19F9O3.C15H19F9O3/c1-3-12(2,14(17,18)19)11(26)28-10-6-7-4-8(10)5-9(7)13(27,15(20,21)22)16(23,24)25;1-3-11(2,13(16,17)18)10(25)27-9-7-5-4-6-8(9)12(26,14(19,20)21)15(22,23)24/h7-10,27H,3-6H2,1-2H3;8-9,26H,3-7H2,1-2H3. The van der Waals surface area contributed by atoms with Gasteiger partial charge in [0.25, 0.3) is 11.2 Å². The number of esters is 2. The molecule has 0 radical (unpaired) electrons. The van der Waals surface area contributed by atoms with Crippen molar-refractivity contribution >= 4 is 11.9 Å². The van der Waals surface area contributed by atoms with Gasteiger partial charge in [-0.3, -0.25) is 9.59 Å². The first-order valence-electron chi connectivity index (χ1n) is 16.6. The van der Waals surface area contributed by atoms with Crippen LogP contribution in [0.2, 0.25) is 0 Å². The first-order chi connectivity index (χ1) is 24.3. The van der Waals surface area contributed by atoms with Gasteiger partial charge in [-0.25, -0.2) is 0 Å². The van der Waals surface area contributed by atoms with Crippen LogP contribution in [-0.2, 0) is 19.1 Å². The fourth-order valence-electron chi connectivity index (χ4n) is 7.21. The van der Waals surface area contributed by atoms with Crippen LogP contribution in [0.15, 0.2) is 0 Å². The van der Waals surface area contributed by atoms with Crippen LogP contribution in [0.3, 0.4) is 0 Å². The zero-order chi connectivity index (χ0) is 43.4. The predicted octanol–water partition coefficient (Wildman–Crippen LogP) is 9.70. The highest BCUT2D eigenvalue weighted by Gasteiger charge is 2.77. The Morgan fingerprint density at radius 1 is 0.491 bits per heavy atom. The molecule has 3 aliphatic rings. The van der Waals surface area contributed by atoms with Crippen molar-refractivity contribution in [2.45, 2.75) is 146 Å². The Labute approximate surface area is 301 Å². The molecule has 324 valence electrons. The Kier molecular flexibility index (Phi) is 13.7. The van der Waals surface area contributed by atoms with Crippen LogP contribution < -0.4 is 0 Å². The molecule has 0 spiro atoms. The second kappa shape index (κ2) is 15.4. The maximum atomic E-state index is 13.1. The van der Waals surface area contributed by atoms with E-state index in [4.69, 9.17) is 4.74 Å². The molecule has 0 heterocycles. The first-order valence-corrected chi connectivity index (χ1v) is 16.6. The van der Waals surface area contributed by atoms with Crippen LogP contribution in [0.5, 0.6) is 0 Å². The van der Waals surface area contributed by atoms with E-state index < -0.39 is 145 Å². The van der Waals surface area contributed by atoms with Crippen LogP contribution in [-0.4, -0.2) is 82.6 Å². The molecule has 6 nitrogen and oxygen atoms in total. The minimum Gasteiger partial charge on any atom is -0.461 e. The summed E-state index contributed by atoms with van der Waals surface area (Å²) in [6.07, 6.45) is -42.0. The van der Waals surface area contributed by atoms with E-state index in [0.29, 0.717) is 13.8 Å². The molecule has 0 saturated heterocycles. The second-order valence-electron chi connectivity index (χ2n) is 14.5. The van der Waals surface area contributed by atoms with Gasteiger partial charge in [-0.1, -0.05) is 20.3 Å². The highest BCUT2D eigenvalue weighted by atomic mass is 19.4. The van der Waals surface area contributed by atoms with Crippen molar-refractivity contribution in [2.75, 3.05) is 0 Å². The van der Waals surface area contributed by atoms with Crippen molar-refractivity contribution in [3.8, 4) is 0 Å². The van der Waals surface area contributed by atoms with Gasteiger partial charge in [0.2, 0.25) is 0 Å². The van der Waals surface area contributed by atoms with Gasteiger partial charge in [-0.2, -0.15) is 79.0 Å². The number of ether oxygens (including phenoxy) is 2. The number of fused-ring (bicyclic) bond motifs is 2. The number of hydrogen-bond donors (Lipinski definition) is 2. The van der Waals surface area contributed by atoms with Gasteiger partial charge < -0.3 is 19.7 Å². The third-order valence-electron chi connectivity index (χ3n) is 11.4. The Balaban J connectivity index is 0.000000380. The third-order valence-corrected chi connectivity index (χ3v) is 11.4. The number of hydrogen-bond acceptors (Lipinski definition) is 6. The zero-order valence-electron chi connectivity index (χ0n) is 29.2. The van der Waals surface area contributed by atoms with E-state index in [1.54, 1.807) is 0 Å². The molecule has 0 aliphatic heterocycles. The van der Waals surface area contributed by atoms with Crippen molar-refractivity contribution < 1.29 is 108 Å². The van der Waals surface area contributed by atoms with Gasteiger partial charge in [-0.05, 0) is 77.0 Å². The summed E-state index contributed by atoms with van der Waals surface area (Å²) in [4.78, 5) is 24.0. The van der Waals surface area contributed by atoms with Crippen LogP contribution in [0.25, 0.3) is 0 Å². The molecular formula is C31H38F18O6. The number of halogens is 18. The Morgan fingerprint density at radius 3 is 1.15 bits per heavy atom. The number of aliphatic hydroxyl groups is 2. The fourth-order valence-corrected chi connectivity index (χ4v) is 7.21. The van der Waals surface area contributed by atoms with E-state index in [-0.39, 0.29) is 19.3 Å². The summed E-state index contributed by atoms with van der Waals surface area (Å²) in [6.45, 7) is 3.16. The monoisotopic (exact) mass is 848 g/mol. The number of carbonyl (C=O) groups excluding carboxylic acids is 2. The molecule has 3 rings (SSSR count). The molecule has 2 N–H and O–H groups in total. The highest BCUT2D eigenvalue weighted by Crippen LogP contribution is 2.61. The molecule has 0 amide bonds. The van der Waals surface area contributed by atoms with Crippen LogP contribution in [0.1, 0.15) is 85.5 Å². The Bertz CT molecular complexity index is 1320. The summed E-state index contributed by atoms with van der Waals surface area (Å²) in [5.41, 5.74) is -16.0. The van der Waals surface area contributed by atoms with Gasteiger partial charge in [0.15, 0.2) is 10.8 Å². The van der Waals surface area contributed by atoms with Crippen LogP contribution >= 0.6 is 0 Å². The molecular weight excluding hydrogens is 810 g/mol. The van der Waals surface area contributed by atoms with Crippen molar-refractivity contribution in [2.24, 2.45) is 34.5 Å². The van der Waals surface area contributed by atoms with E-state index >= 15 is 0 Å². The fraction of sp³-hybridized carbons (Fsp3) is 0.935. The third kappa shape index (κ3) is 8.73. The minimum absolute atomic E-state index is 0.0368. The molecule has 3 saturated carbocycles. The van der Waals surface area contributed by atoms with E-state index in [1.165, 1.54) is 0 Å². The van der Waals surface area contributed by atoms with Crippen molar-refractivity contribution in [1.82, 2.24) is 0 Å². The maximum absolute atomic E-state index is 13.1. The zero-order valence-corrected chi connectivity index (χ0v) is 29.2. The molecule has 0 aromatic heterocycles. The first kappa shape index (κ1) is 48.7. The average molecular weight is 849 g/mol. The van der Waals surface area contributed by atoms with Gasteiger partial charge in [-0.15, -0.1) is 0 Å². The van der Waals surface area contributed by atoms with Crippen molar-refractivity contribution in [1.29, 1.82) is 0 Å². The highest BCUT2D eigenvalue weighted by molar-refractivity contribution is 5.78. The van der Waals surface area contributed by atoms with Crippen molar-refractivity contribution in [3.05, 3.63) is 0 Å². The predicted molar refractivity (Wildman–Crippen MR) is 149 cm³/mol. The molecule has 24 heteroatoms. The van der Waals surface area contributed by atoms with Crippen LogP contribution in [0, 0.1) is 34.5 Å². The average Bonchev–Trinajstić information content (AvgIpc) is 3.61. The lowest BCUT2D eigenvalue weighted by Gasteiger charge is -2.44. The quantitative estimate of drug-likeness (QED) is 0.187. The molecule has 3 aliphatic carbocycles. The van der Waals surface area contributed by atoms with E-state index in [2.05, 4.69) is 4.74 Å². The second-order valence-corrected chi connectivity index (χ2v) is 14.5. The normalized spacial score (nSPS) is 28.1. The number of alkyl halides is 18. The SMILES string of the molecule is CCC(C)(C(=O)OC1CC2CC1CC2C(O)(C(F)(F)F)C(F)(F)F)C(F)(F)F.CCC(C)(C(=O)OC1CCCCC1C(O)(C(F)(F)F)C(F)(F)F)C(F)(F)F. The van der Waals surface area contributed by atoms with Gasteiger partial charge in [0.1, 0.15) is 12.2 Å². The van der Waals surface area contributed by atoms with E-state index in [9.17, 15) is 98.8 Å². The van der Waals surface area contributed by atoms with Gasteiger partial charge in [0.05, 0.1) is 0 Å². The summed E-state index contributed by atoms with van der Waals surface area (Å²) < 4.78 is 245. The molecule has 8 unspecified atom stereocenters. The summed E-state index contributed by atoms with van der Waals surface area (Å²) in [5, 5.41) is 19.1. The maximum Gasteiger partial charge on any atom is 0.426 e. The number of rotatable bonds is 8. The van der Waals surface area contributed by atoms with Gasteiger partial charge >= 0.3 is 49.0 Å². The van der Waals surface area contributed by atoms with E-state index in [1.807, 2.05) is 0 Å². The largest absolute Gasteiger partial charge is 0.461 e. The molecule has 0 aromatic rings. The lowest BCUT2D eigenvalue weighted by Crippen LogP contribution is -2.65. The lowest BCUT2D eigenvalue weighted by molar-refractivity contribution is -0.393. The van der Waals surface area contributed by atoms with Gasteiger partial charge in [0, 0.05) is 11.8 Å². The van der Waals surface area contributed by atoms with Crippen LogP contribution in [0.4, 0.5) is 79.0 Å². The Hall–Kier alpha value is -2.40. The van der Waals surface area contributed by atoms with E-state index in [0.717, 1.165) is 13.8 Å². The molecule has 3 fully saturated rings. The lowest BCUT2D eigenvalue weighted by atomic mass is 9.73. The summed E-state index contributed by atoms with van der Waals surface area (Å²) in [7, 11) is 0. The Morgan fingerprint density at radius 2 is 0.836 bits per heavy atom. The van der Waals surface area contributed by atoms with Crippen molar-refractivity contribution in [3.63, 3.8) is 0 Å². The topological polar surface area (TPSA) is 93.1 Å². The number of carbonyl (C=O) groups is 2. The summed E-state index contributed by atoms with van der Waals surface area (Å²) in [6, 6.07) is 0. The molecule has 55 heavy (non-hydrogen) atoms. The smallest absolute Gasteiger partial charge is 0.426 e. The summed E-state index contributed by atoms with van der Waals surface area (Å²) in [5.74, 6) is -10.7. The molecule has 8 atom stereocenters. The minimum atomic E-state index is -6.16. The molecule has 2 bridgehead atoms. The molecule has 0 aromatic carbocycles.